The van der Waals surface area contributed by atoms with Crippen LogP contribution in [0.2, 0.25) is 0 Å². The minimum absolute atomic E-state index is 0.131. The molecule has 0 aliphatic heterocycles. The maximum absolute atomic E-state index is 13.4. The Balaban J connectivity index is 0.000000296. The van der Waals surface area contributed by atoms with Gasteiger partial charge in [0, 0.05) is 16.7 Å². The number of hydrogen-bond donors (Lipinski definition) is 2. The van der Waals surface area contributed by atoms with E-state index < -0.39 is 87.0 Å². The summed E-state index contributed by atoms with van der Waals surface area (Å²) >= 11 is 0. The molecule has 0 amide bonds. The van der Waals surface area contributed by atoms with Gasteiger partial charge in [0.1, 0.15) is 23.0 Å². The molecule has 1 unspecified atom stereocenters. The molecule has 0 heterocycles. The van der Waals surface area contributed by atoms with Crippen LogP contribution in [0, 0.1) is 6.92 Å². The van der Waals surface area contributed by atoms with Gasteiger partial charge >= 0.3 is 36.6 Å². The summed E-state index contributed by atoms with van der Waals surface area (Å²) in [6.07, 6.45) is -19.2. The number of carbonyl (C=O) groups excluding carboxylic acids is 2. The molecule has 4 aromatic rings. The van der Waals surface area contributed by atoms with Crippen LogP contribution < -0.4 is 9.47 Å². The van der Waals surface area contributed by atoms with E-state index in [0.717, 1.165) is 75.6 Å². The third-order valence-electron chi connectivity index (χ3n) is 7.37. The summed E-state index contributed by atoms with van der Waals surface area (Å²) in [5.74, 6) is -6.14. The average molecular weight is 801 g/mol. The SMILES string of the molecule is COC(=O)C(C)(O)c1ccc(Oc2ccc(C(F)(F)F)cc2)cc1C(F)(F)F.Cc1c(Oc2ccc(C(F)(F)F)cc2)ccc(C(=O)C(=O)O)c1C(F)(F)F. The van der Waals surface area contributed by atoms with Gasteiger partial charge in [0.25, 0.3) is 5.78 Å². The van der Waals surface area contributed by atoms with Crippen LogP contribution in [-0.4, -0.2) is 35.0 Å². The summed E-state index contributed by atoms with van der Waals surface area (Å²) in [7, 11) is 0.909. The van der Waals surface area contributed by atoms with Gasteiger partial charge in [0.05, 0.1) is 29.4 Å². The zero-order valence-electron chi connectivity index (χ0n) is 27.9. The van der Waals surface area contributed by atoms with E-state index in [4.69, 9.17) is 14.6 Å². The Morgan fingerprint density at radius 2 is 1.04 bits per heavy atom. The largest absolute Gasteiger partial charge is 0.475 e. The quantitative estimate of drug-likeness (QED) is 0.0783. The number of esters is 1. The molecular formula is C35H24F12O8. The zero-order valence-corrected chi connectivity index (χ0v) is 27.9. The van der Waals surface area contributed by atoms with Crippen LogP contribution in [0.1, 0.15) is 50.7 Å². The number of hydrogen-bond acceptors (Lipinski definition) is 7. The number of alkyl halides is 12. The smallest absolute Gasteiger partial charge is 0.417 e. The van der Waals surface area contributed by atoms with Gasteiger partial charge in [-0.05, 0) is 86.6 Å². The third kappa shape index (κ3) is 10.7. The Morgan fingerprint density at radius 1 is 0.582 bits per heavy atom. The van der Waals surface area contributed by atoms with Crippen molar-refractivity contribution in [3.05, 3.63) is 118 Å². The van der Waals surface area contributed by atoms with Crippen LogP contribution in [0.5, 0.6) is 23.0 Å². The predicted octanol–water partition coefficient (Wildman–Crippen LogP) is 9.99. The van der Waals surface area contributed by atoms with Crippen LogP contribution in [0.15, 0.2) is 78.9 Å². The highest BCUT2D eigenvalue weighted by atomic mass is 19.4. The number of ether oxygens (including phenoxy) is 3. The first-order valence-corrected chi connectivity index (χ1v) is 14.8. The van der Waals surface area contributed by atoms with E-state index in [0.29, 0.717) is 24.3 Å². The summed E-state index contributed by atoms with van der Waals surface area (Å²) in [5.41, 5.74) is -9.72. The second-order valence-corrected chi connectivity index (χ2v) is 11.3. The fourth-order valence-electron chi connectivity index (χ4n) is 4.71. The number of ketones is 1. The van der Waals surface area contributed by atoms with Crippen LogP contribution in [0.3, 0.4) is 0 Å². The lowest BCUT2D eigenvalue weighted by Gasteiger charge is -2.25. The molecular weight excluding hydrogens is 776 g/mol. The Bertz CT molecular complexity index is 2030. The molecule has 8 nitrogen and oxygen atoms in total. The number of rotatable bonds is 8. The van der Waals surface area contributed by atoms with Crippen molar-refractivity contribution in [3.8, 4) is 23.0 Å². The highest BCUT2D eigenvalue weighted by Crippen LogP contribution is 2.42. The molecule has 55 heavy (non-hydrogen) atoms. The molecule has 0 saturated carbocycles. The number of benzene rings is 4. The van der Waals surface area contributed by atoms with Gasteiger partial charge in [-0.25, -0.2) is 9.59 Å². The molecule has 0 aliphatic carbocycles. The van der Waals surface area contributed by atoms with Gasteiger partial charge in [-0.2, -0.15) is 52.7 Å². The average Bonchev–Trinajstić information content (AvgIpc) is 3.07. The summed E-state index contributed by atoms with van der Waals surface area (Å²) in [6, 6.07) is 10.6. The van der Waals surface area contributed by atoms with Crippen molar-refractivity contribution in [1.82, 2.24) is 0 Å². The molecule has 4 rings (SSSR count). The van der Waals surface area contributed by atoms with E-state index in [1.807, 2.05) is 0 Å². The Hall–Kier alpha value is -5.79. The fraction of sp³-hybridized carbons (Fsp3) is 0.229. The molecule has 2 N–H and O–H groups in total. The van der Waals surface area contributed by atoms with Crippen molar-refractivity contribution >= 4 is 17.7 Å². The monoisotopic (exact) mass is 800 g/mol. The number of carboxylic acids is 1. The Kier molecular flexibility index (Phi) is 12.6. The normalized spacial score (nSPS) is 13.2. The highest BCUT2D eigenvalue weighted by molar-refractivity contribution is 6.40. The summed E-state index contributed by atoms with van der Waals surface area (Å²) < 4.78 is 170. The second-order valence-electron chi connectivity index (χ2n) is 11.3. The van der Waals surface area contributed by atoms with Gasteiger partial charge in [0.2, 0.25) is 0 Å². The summed E-state index contributed by atoms with van der Waals surface area (Å²) in [4.78, 5) is 33.9. The highest BCUT2D eigenvalue weighted by Gasteiger charge is 2.44. The lowest BCUT2D eigenvalue weighted by molar-refractivity contribution is -0.163. The van der Waals surface area contributed by atoms with Gasteiger partial charge in [-0.3, -0.25) is 4.79 Å². The third-order valence-corrected chi connectivity index (χ3v) is 7.37. The lowest BCUT2D eigenvalue weighted by atomic mass is 9.91. The first-order chi connectivity index (χ1) is 25.1. The van der Waals surface area contributed by atoms with Crippen molar-refractivity contribution in [3.63, 3.8) is 0 Å². The Morgan fingerprint density at radius 3 is 1.44 bits per heavy atom. The molecule has 0 aliphatic rings. The maximum Gasteiger partial charge on any atom is 0.417 e. The zero-order chi connectivity index (χ0) is 41.9. The molecule has 0 saturated heterocycles. The molecule has 20 heteroatoms. The van der Waals surface area contributed by atoms with E-state index in [1.165, 1.54) is 0 Å². The standard InChI is InChI=1S/C18H14F6O4.C17H10F6O4/c1-16(26,15(25)27-2)13-8-7-12(9-14(13)18(22,23)24)28-11-5-3-10(4-6-11)17(19,20)21;1-8-12(27-10-4-2-9(3-5-10)16(18,19)20)7-6-11(14(24)15(25)26)13(8)17(21,22)23/h3-9,26H,1-2H3;2-7H,1H3,(H,25,26). The maximum atomic E-state index is 13.4. The van der Waals surface area contributed by atoms with Gasteiger partial charge in [0.15, 0.2) is 5.60 Å². The number of carboxylic acid groups (broad SMARTS) is 1. The molecule has 0 aromatic heterocycles. The van der Waals surface area contributed by atoms with Crippen molar-refractivity contribution < 1.29 is 91.5 Å². The molecule has 296 valence electrons. The predicted molar refractivity (Wildman–Crippen MR) is 164 cm³/mol. The van der Waals surface area contributed by atoms with E-state index in [9.17, 15) is 72.2 Å². The van der Waals surface area contributed by atoms with Gasteiger partial charge in [-0.15, -0.1) is 0 Å². The van der Waals surface area contributed by atoms with Crippen molar-refractivity contribution in [2.24, 2.45) is 0 Å². The lowest BCUT2D eigenvalue weighted by Crippen LogP contribution is -2.35. The van der Waals surface area contributed by atoms with Crippen molar-refractivity contribution in [2.45, 2.75) is 44.2 Å². The number of Topliss-reactive ketones (excluding diaryl/α,β-unsaturated/α-hetero) is 1. The van der Waals surface area contributed by atoms with Crippen molar-refractivity contribution in [1.29, 1.82) is 0 Å². The number of aliphatic hydroxyl groups is 1. The van der Waals surface area contributed by atoms with Crippen LogP contribution in [0.4, 0.5) is 52.7 Å². The van der Waals surface area contributed by atoms with E-state index >= 15 is 0 Å². The fourth-order valence-corrected chi connectivity index (χ4v) is 4.71. The van der Waals surface area contributed by atoms with Crippen LogP contribution in [-0.2, 0) is 44.6 Å². The van der Waals surface area contributed by atoms with Crippen molar-refractivity contribution in [2.75, 3.05) is 7.11 Å². The first kappa shape index (κ1) is 43.6. The number of carbonyl (C=O) groups is 3. The Labute approximate surface area is 301 Å². The minimum atomic E-state index is -5.05. The molecule has 0 fully saturated rings. The number of methoxy groups -OCH3 is 1. The molecule has 0 bridgehead atoms. The van der Waals surface area contributed by atoms with E-state index in [-0.39, 0.29) is 23.0 Å². The minimum Gasteiger partial charge on any atom is -0.475 e. The molecule has 0 radical (unpaired) electrons. The van der Waals surface area contributed by atoms with Crippen LogP contribution >= 0.6 is 0 Å². The summed E-state index contributed by atoms with van der Waals surface area (Å²) in [5, 5.41) is 18.8. The number of aliphatic carboxylic acids is 1. The van der Waals surface area contributed by atoms with E-state index in [1.54, 1.807) is 0 Å². The molecule has 0 spiro atoms. The second kappa shape index (κ2) is 15.9. The van der Waals surface area contributed by atoms with E-state index in [2.05, 4.69) is 4.74 Å². The summed E-state index contributed by atoms with van der Waals surface area (Å²) in [6.45, 7) is 1.81. The number of halogens is 12. The van der Waals surface area contributed by atoms with Gasteiger partial charge < -0.3 is 24.4 Å². The van der Waals surface area contributed by atoms with Gasteiger partial charge in [-0.1, -0.05) is 6.07 Å². The topological polar surface area (TPSA) is 119 Å². The molecule has 4 aromatic carbocycles. The first-order valence-electron chi connectivity index (χ1n) is 14.8. The van der Waals surface area contributed by atoms with Crippen LogP contribution in [0.25, 0.3) is 0 Å². The molecule has 1 atom stereocenters.